The summed E-state index contributed by atoms with van der Waals surface area (Å²) in [6.07, 6.45) is -4.17. The molecule has 0 aliphatic heterocycles. The van der Waals surface area contributed by atoms with E-state index in [1.54, 1.807) is 0 Å². The average Bonchev–Trinajstić information content (AvgIpc) is 2.09. The molecule has 0 heterocycles. The largest absolute Gasteiger partial charge is 0.401 e. The first-order chi connectivity index (χ1) is 7.35. The van der Waals surface area contributed by atoms with Crippen LogP contribution < -0.4 is 5.73 Å². The number of alkyl halides is 3. The Bertz CT molecular complexity index is 174. The van der Waals surface area contributed by atoms with Crippen molar-refractivity contribution in [2.75, 3.05) is 39.4 Å². The van der Waals surface area contributed by atoms with E-state index in [-0.39, 0.29) is 19.6 Å². The lowest BCUT2D eigenvalue weighted by molar-refractivity contribution is -0.147. The van der Waals surface area contributed by atoms with Crippen LogP contribution in [-0.4, -0.2) is 50.5 Å². The summed E-state index contributed by atoms with van der Waals surface area (Å²) >= 11 is 0. The predicted octanol–water partition coefficient (Wildman–Crippen LogP) is 1.48. The van der Waals surface area contributed by atoms with Crippen molar-refractivity contribution in [2.45, 2.75) is 20.0 Å². The van der Waals surface area contributed by atoms with E-state index in [2.05, 4.69) is 0 Å². The number of hydrogen-bond donors (Lipinski definition) is 1. The molecule has 0 aromatic heterocycles. The minimum absolute atomic E-state index is 0.222. The van der Waals surface area contributed by atoms with Gasteiger partial charge in [-0.2, -0.15) is 13.2 Å². The molecule has 0 saturated heterocycles. The molecule has 0 rings (SSSR count). The van der Waals surface area contributed by atoms with Crippen molar-refractivity contribution in [3.8, 4) is 0 Å². The van der Waals surface area contributed by atoms with E-state index >= 15 is 0 Å². The van der Waals surface area contributed by atoms with Crippen LogP contribution in [0.15, 0.2) is 0 Å². The smallest absolute Gasteiger partial charge is 0.380 e. The van der Waals surface area contributed by atoms with E-state index in [0.29, 0.717) is 19.1 Å². The summed E-state index contributed by atoms with van der Waals surface area (Å²) in [5, 5.41) is 0. The van der Waals surface area contributed by atoms with Crippen molar-refractivity contribution in [2.24, 2.45) is 11.7 Å². The van der Waals surface area contributed by atoms with Crippen LogP contribution in [0.2, 0.25) is 0 Å². The van der Waals surface area contributed by atoms with Crippen molar-refractivity contribution in [1.29, 1.82) is 0 Å². The summed E-state index contributed by atoms with van der Waals surface area (Å²) in [7, 11) is 0. The zero-order valence-electron chi connectivity index (χ0n) is 9.89. The fourth-order valence-electron chi connectivity index (χ4n) is 1.22. The van der Waals surface area contributed by atoms with Gasteiger partial charge in [0, 0.05) is 26.2 Å². The molecule has 0 bridgehead atoms. The Hall–Kier alpha value is -0.330. The van der Waals surface area contributed by atoms with Crippen molar-refractivity contribution in [3.05, 3.63) is 0 Å². The van der Waals surface area contributed by atoms with Gasteiger partial charge in [0.25, 0.3) is 0 Å². The van der Waals surface area contributed by atoms with E-state index in [9.17, 15) is 13.2 Å². The lowest BCUT2D eigenvalue weighted by atomic mass is 10.2. The van der Waals surface area contributed by atoms with Gasteiger partial charge in [-0.05, 0) is 5.92 Å². The van der Waals surface area contributed by atoms with Crippen molar-refractivity contribution in [3.63, 3.8) is 0 Å². The lowest BCUT2D eigenvalue weighted by Gasteiger charge is -2.22. The van der Waals surface area contributed by atoms with E-state index in [4.69, 9.17) is 10.5 Å². The summed E-state index contributed by atoms with van der Waals surface area (Å²) in [6.45, 7) is 4.68. The van der Waals surface area contributed by atoms with Crippen molar-refractivity contribution >= 4 is 0 Å². The third-order valence-electron chi connectivity index (χ3n) is 1.85. The molecule has 0 aliphatic rings. The molecule has 0 saturated carbocycles. The SMILES string of the molecule is CC(C)COCCN(CCN)CC(F)(F)F. The number of nitrogens with two attached hydrogens (primary N) is 1. The van der Waals surface area contributed by atoms with Crippen LogP contribution in [0, 0.1) is 5.92 Å². The fraction of sp³-hybridized carbons (Fsp3) is 1.00. The quantitative estimate of drug-likeness (QED) is 0.655. The Balaban J connectivity index is 3.76. The second kappa shape index (κ2) is 7.86. The van der Waals surface area contributed by atoms with Crippen molar-refractivity contribution < 1.29 is 17.9 Å². The second-order valence-corrected chi connectivity index (χ2v) is 4.15. The molecule has 0 aliphatic carbocycles. The maximum absolute atomic E-state index is 12.1. The molecule has 0 unspecified atom stereocenters. The highest BCUT2D eigenvalue weighted by Gasteiger charge is 2.30. The van der Waals surface area contributed by atoms with Gasteiger partial charge in [-0.15, -0.1) is 0 Å². The molecule has 2 N–H and O–H groups in total. The summed E-state index contributed by atoms with van der Waals surface area (Å²) in [4.78, 5) is 1.26. The van der Waals surface area contributed by atoms with Gasteiger partial charge in [-0.25, -0.2) is 0 Å². The first-order valence-corrected chi connectivity index (χ1v) is 5.42. The highest BCUT2D eigenvalue weighted by molar-refractivity contribution is 4.63. The number of hydrogen-bond acceptors (Lipinski definition) is 3. The Morgan fingerprint density at radius 2 is 1.88 bits per heavy atom. The molecule has 0 radical (unpaired) electrons. The lowest BCUT2D eigenvalue weighted by Crippen LogP contribution is -2.39. The molecule has 0 fully saturated rings. The number of nitrogens with zero attached hydrogens (tertiary/aromatic N) is 1. The number of rotatable bonds is 8. The standard InChI is InChI=1S/C10H21F3N2O/c1-9(2)7-16-6-5-15(4-3-14)8-10(11,12)13/h9H,3-8,14H2,1-2H3. The van der Waals surface area contributed by atoms with Gasteiger partial charge in [-0.3, -0.25) is 4.90 Å². The summed E-state index contributed by atoms with van der Waals surface area (Å²) in [5.74, 6) is 0.394. The van der Waals surface area contributed by atoms with Crippen LogP contribution in [0.3, 0.4) is 0 Å². The normalized spacial score (nSPS) is 12.8. The fourth-order valence-corrected chi connectivity index (χ4v) is 1.22. The average molecular weight is 242 g/mol. The molecule has 0 aromatic rings. The van der Waals surface area contributed by atoms with Gasteiger partial charge in [0.2, 0.25) is 0 Å². The maximum Gasteiger partial charge on any atom is 0.401 e. The Morgan fingerprint density at radius 1 is 1.25 bits per heavy atom. The first kappa shape index (κ1) is 15.7. The minimum Gasteiger partial charge on any atom is -0.380 e. The molecule has 3 nitrogen and oxygen atoms in total. The highest BCUT2D eigenvalue weighted by atomic mass is 19.4. The summed E-state index contributed by atoms with van der Waals surface area (Å²) in [6, 6.07) is 0. The Labute approximate surface area is 94.7 Å². The molecule has 0 amide bonds. The van der Waals surface area contributed by atoms with Gasteiger partial charge in [0.05, 0.1) is 13.2 Å². The number of halogens is 3. The molecule has 98 valence electrons. The summed E-state index contributed by atoms with van der Waals surface area (Å²) in [5.41, 5.74) is 5.25. The van der Waals surface area contributed by atoms with Gasteiger partial charge < -0.3 is 10.5 Å². The van der Waals surface area contributed by atoms with Crippen molar-refractivity contribution in [1.82, 2.24) is 4.90 Å². The van der Waals surface area contributed by atoms with Gasteiger partial charge >= 0.3 is 6.18 Å². The van der Waals surface area contributed by atoms with Crippen LogP contribution in [0.4, 0.5) is 13.2 Å². The van der Waals surface area contributed by atoms with Crippen LogP contribution in [0.25, 0.3) is 0 Å². The topological polar surface area (TPSA) is 38.5 Å². The first-order valence-electron chi connectivity index (χ1n) is 5.42. The van der Waals surface area contributed by atoms with E-state index in [1.165, 1.54) is 4.90 Å². The van der Waals surface area contributed by atoms with E-state index < -0.39 is 12.7 Å². The molecular weight excluding hydrogens is 221 g/mol. The number of ether oxygens (including phenoxy) is 1. The summed E-state index contributed by atoms with van der Waals surface area (Å²) < 4.78 is 41.7. The van der Waals surface area contributed by atoms with Gasteiger partial charge in [-0.1, -0.05) is 13.8 Å². The molecule has 0 aromatic carbocycles. The second-order valence-electron chi connectivity index (χ2n) is 4.15. The third kappa shape index (κ3) is 10.2. The molecule has 16 heavy (non-hydrogen) atoms. The molecule has 6 heteroatoms. The molecular formula is C10H21F3N2O. The van der Waals surface area contributed by atoms with E-state index in [0.717, 1.165) is 0 Å². The Morgan fingerprint density at radius 3 is 2.31 bits per heavy atom. The van der Waals surface area contributed by atoms with E-state index in [1.807, 2.05) is 13.8 Å². The van der Waals surface area contributed by atoms with Gasteiger partial charge in [0.15, 0.2) is 0 Å². The van der Waals surface area contributed by atoms with Crippen LogP contribution in [-0.2, 0) is 4.74 Å². The van der Waals surface area contributed by atoms with Gasteiger partial charge in [0.1, 0.15) is 0 Å². The third-order valence-corrected chi connectivity index (χ3v) is 1.85. The Kier molecular flexibility index (Phi) is 7.70. The monoisotopic (exact) mass is 242 g/mol. The maximum atomic E-state index is 12.1. The predicted molar refractivity (Wildman–Crippen MR) is 57.2 cm³/mol. The highest BCUT2D eigenvalue weighted by Crippen LogP contribution is 2.15. The minimum atomic E-state index is -4.17. The van der Waals surface area contributed by atoms with Crippen LogP contribution in [0.5, 0.6) is 0 Å². The zero-order chi connectivity index (χ0) is 12.6. The molecule has 0 atom stereocenters. The van der Waals surface area contributed by atoms with Crippen LogP contribution >= 0.6 is 0 Å². The van der Waals surface area contributed by atoms with Crippen LogP contribution in [0.1, 0.15) is 13.8 Å². The zero-order valence-corrected chi connectivity index (χ0v) is 9.89. The molecule has 0 spiro atoms.